The van der Waals surface area contributed by atoms with Gasteiger partial charge in [-0.15, -0.1) is 0 Å². The van der Waals surface area contributed by atoms with Gasteiger partial charge in [-0.1, -0.05) is 107 Å². The van der Waals surface area contributed by atoms with E-state index in [4.69, 9.17) is 0 Å². The van der Waals surface area contributed by atoms with E-state index in [1.54, 1.807) is 0 Å². The summed E-state index contributed by atoms with van der Waals surface area (Å²) < 4.78 is 0. The summed E-state index contributed by atoms with van der Waals surface area (Å²) in [5.41, 5.74) is 0. The molecule has 0 fully saturated rings. The topological polar surface area (TPSA) is 69.6 Å². The van der Waals surface area contributed by atoms with Gasteiger partial charge in [-0.2, -0.15) is 0 Å². The summed E-state index contributed by atoms with van der Waals surface area (Å²) in [7, 11) is 0. The van der Waals surface area contributed by atoms with Crippen LogP contribution in [0.3, 0.4) is 0 Å². The SMILES string of the molecule is CC/C=C\C/C=C\C/C=C\C/C=C\C/C=C\CC(=O)NC(CO)C(O)CCCCCCC. The predicted octanol–water partition coefficient (Wildman–Crippen LogP) is 6.33. The molecule has 0 aliphatic carbocycles. The highest BCUT2D eigenvalue weighted by Gasteiger charge is 2.19. The van der Waals surface area contributed by atoms with Gasteiger partial charge in [0.2, 0.25) is 5.91 Å². The summed E-state index contributed by atoms with van der Waals surface area (Å²) in [6.45, 7) is 4.07. The number of rotatable bonds is 20. The zero-order valence-electron chi connectivity index (χ0n) is 20.4. The normalized spacial score (nSPS) is 14.5. The van der Waals surface area contributed by atoms with Crippen molar-refractivity contribution < 1.29 is 15.0 Å². The molecule has 0 aromatic carbocycles. The molecule has 0 aromatic rings. The average molecular weight is 446 g/mol. The molecule has 0 heterocycles. The van der Waals surface area contributed by atoms with Gasteiger partial charge in [-0.05, 0) is 38.5 Å². The molecule has 2 unspecified atom stereocenters. The van der Waals surface area contributed by atoms with Gasteiger partial charge in [0.15, 0.2) is 0 Å². The molecule has 0 saturated carbocycles. The Labute approximate surface area is 196 Å². The number of aliphatic hydroxyl groups is 2. The first-order chi connectivity index (χ1) is 15.7. The lowest BCUT2D eigenvalue weighted by Crippen LogP contribution is -2.45. The Morgan fingerprint density at radius 3 is 1.75 bits per heavy atom. The molecule has 0 spiro atoms. The van der Waals surface area contributed by atoms with E-state index in [1.165, 1.54) is 19.3 Å². The van der Waals surface area contributed by atoms with Crippen LogP contribution in [-0.4, -0.2) is 34.9 Å². The van der Waals surface area contributed by atoms with E-state index in [-0.39, 0.29) is 18.9 Å². The summed E-state index contributed by atoms with van der Waals surface area (Å²) in [4.78, 5) is 12.0. The number of unbranched alkanes of at least 4 members (excludes halogenated alkanes) is 4. The lowest BCUT2D eigenvalue weighted by Gasteiger charge is -2.22. The number of amides is 1. The van der Waals surface area contributed by atoms with Crippen LogP contribution in [0.25, 0.3) is 0 Å². The lowest BCUT2D eigenvalue weighted by atomic mass is 10.0. The molecule has 4 heteroatoms. The standard InChI is InChI=1S/C28H47NO3/c1-3-5-7-9-10-11-12-13-14-15-16-17-18-20-22-24-28(32)29-26(25-30)27(31)23-21-19-8-6-4-2/h5,7,10-11,13-14,16-17,20,22,26-27,30-31H,3-4,6,8-9,12,15,18-19,21,23-25H2,1-2H3,(H,29,32)/b7-5-,11-10-,14-13-,17-16-,22-20-. The van der Waals surface area contributed by atoms with E-state index in [9.17, 15) is 15.0 Å². The van der Waals surface area contributed by atoms with E-state index >= 15 is 0 Å². The minimum atomic E-state index is -0.695. The molecule has 3 N–H and O–H groups in total. The number of carbonyl (C=O) groups is 1. The Morgan fingerprint density at radius 2 is 1.25 bits per heavy atom. The Bertz CT molecular complexity index is 575. The van der Waals surface area contributed by atoms with E-state index in [1.807, 2.05) is 12.2 Å². The fourth-order valence-electron chi connectivity index (χ4n) is 3.13. The number of allylic oxidation sites excluding steroid dienone is 9. The molecule has 0 rings (SSSR count). The van der Waals surface area contributed by atoms with Crippen LogP contribution in [0.15, 0.2) is 60.8 Å². The van der Waals surface area contributed by atoms with E-state index in [0.717, 1.165) is 44.9 Å². The van der Waals surface area contributed by atoms with Crippen molar-refractivity contribution in [2.75, 3.05) is 6.61 Å². The maximum Gasteiger partial charge on any atom is 0.224 e. The van der Waals surface area contributed by atoms with Crippen molar-refractivity contribution in [2.24, 2.45) is 0 Å². The fourth-order valence-corrected chi connectivity index (χ4v) is 3.13. The first kappa shape index (κ1) is 30.1. The van der Waals surface area contributed by atoms with Gasteiger partial charge < -0.3 is 15.5 Å². The Morgan fingerprint density at radius 1 is 0.750 bits per heavy atom. The Hall–Kier alpha value is -1.91. The van der Waals surface area contributed by atoms with Gasteiger partial charge >= 0.3 is 0 Å². The average Bonchev–Trinajstić information content (AvgIpc) is 2.79. The van der Waals surface area contributed by atoms with Gasteiger partial charge in [0.1, 0.15) is 0 Å². The minimum absolute atomic E-state index is 0.171. The lowest BCUT2D eigenvalue weighted by molar-refractivity contribution is -0.122. The summed E-state index contributed by atoms with van der Waals surface area (Å²) >= 11 is 0. The fraction of sp³-hybridized carbons (Fsp3) is 0.607. The molecule has 0 aliphatic rings. The molecule has 0 aliphatic heterocycles. The number of hydrogen-bond acceptors (Lipinski definition) is 3. The largest absolute Gasteiger partial charge is 0.394 e. The van der Waals surface area contributed by atoms with Gasteiger partial charge in [0.25, 0.3) is 0 Å². The summed E-state index contributed by atoms with van der Waals surface area (Å²) in [6, 6.07) is -0.587. The second kappa shape index (κ2) is 23.7. The molecule has 0 radical (unpaired) electrons. The van der Waals surface area contributed by atoms with Crippen molar-refractivity contribution >= 4 is 5.91 Å². The van der Waals surface area contributed by atoms with Crippen molar-refractivity contribution in [2.45, 2.75) is 103 Å². The van der Waals surface area contributed by atoms with Gasteiger partial charge in [-0.3, -0.25) is 4.79 Å². The van der Waals surface area contributed by atoms with Crippen LogP contribution in [0, 0.1) is 0 Å². The second-order valence-electron chi connectivity index (χ2n) is 8.04. The highest BCUT2D eigenvalue weighted by atomic mass is 16.3. The molecular weight excluding hydrogens is 398 g/mol. The van der Waals surface area contributed by atoms with Gasteiger partial charge in [-0.25, -0.2) is 0 Å². The molecule has 0 bridgehead atoms. The molecule has 0 aromatic heterocycles. The quantitative estimate of drug-likeness (QED) is 0.152. The third-order valence-corrected chi connectivity index (χ3v) is 5.07. The summed E-state index contributed by atoms with van der Waals surface area (Å²) in [6.07, 6.45) is 31.6. The number of aliphatic hydroxyl groups excluding tert-OH is 2. The van der Waals surface area contributed by atoms with Gasteiger partial charge in [0, 0.05) is 6.42 Å². The molecule has 0 saturated heterocycles. The van der Waals surface area contributed by atoms with Crippen molar-refractivity contribution in [1.29, 1.82) is 0 Å². The maximum absolute atomic E-state index is 12.0. The third-order valence-electron chi connectivity index (χ3n) is 5.07. The van der Waals surface area contributed by atoms with E-state index < -0.39 is 12.1 Å². The maximum atomic E-state index is 12.0. The zero-order valence-corrected chi connectivity index (χ0v) is 20.4. The monoisotopic (exact) mass is 445 g/mol. The third kappa shape index (κ3) is 20.0. The second-order valence-corrected chi connectivity index (χ2v) is 8.04. The van der Waals surface area contributed by atoms with Crippen LogP contribution in [-0.2, 0) is 4.79 Å². The van der Waals surface area contributed by atoms with Crippen LogP contribution < -0.4 is 5.32 Å². The molecule has 2 atom stereocenters. The molecule has 182 valence electrons. The first-order valence-corrected chi connectivity index (χ1v) is 12.5. The summed E-state index contributed by atoms with van der Waals surface area (Å²) in [5.74, 6) is -0.171. The smallest absolute Gasteiger partial charge is 0.224 e. The first-order valence-electron chi connectivity index (χ1n) is 12.5. The predicted molar refractivity (Wildman–Crippen MR) is 137 cm³/mol. The molecule has 1 amide bonds. The van der Waals surface area contributed by atoms with Crippen LogP contribution in [0.1, 0.15) is 90.9 Å². The van der Waals surface area contributed by atoms with Crippen molar-refractivity contribution in [3.05, 3.63) is 60.8 Å². The molecule has 32 heavy (non-hydrogen) atoms. The van der Waals surface area contributed by atoms with Crippen molar-refractivity contribution in [3.8, 4) is 0 Å². The number of nitrogens with one attached hydrogen (secondary N) is 1. The van der Waals surface area contributed by atoms with Crippen molar-refractivity contribution in [1.82, 2.24) is 5.32 Å². The minimum Gasteiger partial charge on any atom is -0.394 e. The Kier molecular flexibility index (Phi) is 22.3. The van der Waals surface area contributed by atoms with Crippen LogP contribution in [0.2, 0.25) is 0 Å². The molecular formula is C28H47NO3. The highest BCUT2D eigenvalue weighted by molar-refractivity contribution is 5.77. The van der Waals surface area contributed by atoms with E-state index in [0.29, 0.717) is 6.42 Å². The van der Waals surface area contributed by atoms with Crippen LogP contribution in [0.4, 0.5) is 0 Å². The number of carbonyl (C=O) groups excluding carboxylic acids is 1. The highest BCUT2D eigenvalue weighted by Crippen LogP contribution is 2.09. The van der Waals surface area contributed by atoms with E-state index in [2.05, 4.69) is 67.8 Å². The summed E-state index contributed by atoms with van der Waals surface area (Å²) in [5, 5.41) is 22.4. The van der Waals surface area contributed by atoms with Crippen molar-refractivity contribution in [3.63, 3.8) is 0 Å². The molecule has 4 nitrogen and oxygen atoms in total. The van der Waals surface area contributed by atoms with Crippen LogP contribution >= 0.6 is 0 Å². The van der Waals surface area contributed by atoms with Crippen LogP contribution in [0.5, 0.6) is 0 Å². The van der Waals surface area contributed by atoms with Gasteiger partial charge in [0.05, 0.1) is 18.8 Å². The zero-order chi connectivity index (χ0) is 23.7. The Balaban J connectivity index is 3.89. The number of hydrogen-bond donors (Lipinski definition) is 3.